The molecule has 0 bridgehead atoms. The van der Waals surface area contributed by atoms with Gasteiger partial charge in [0.2, 0.25) is 0 Å². The number of piperidine rings is 1. The summed E-state index contributed by atoms with van der Waals surface area (Å²) in [7, 11) is 0. The van der Waals surface area contributed by atoms with Crippen LogP contribution in [-0.2, 0) is 4.74 Å². The van der Waals surface area contributed by atoms with Gasteiger partial charge in [-0.1, -0.05) is 6.92 Å². The molecule has 16 heavy (non-hydrogen) atoms. The van der Waals surface area contributed by atoms with Crippen LogP contribution in [0.2, 0.25) is 0 Å². The molecule has 3 nitrogen and oxygen atoms in total. The van der Waals surface area contributed by atoms with E-state index in [9.17, 15) is 0 Å². The third-order valence-electron chi connectivity index (χ3n) is 4.40. The predicted octanol–water partition coefficient (Wildman–Crippen LogP) is 1.61. The van der Waals surface area contributed by atoms with Gasteiger partial charge >= 0.3 is 0 Å². The van der Waals surface area contributed by atoms with Gasteiger partial charge in [-0.05, 0) is 45.1 Å². The van der Waals surface area contributed by atoms with Crippen LogP contribution in [0.1, 0.15) is 39.5 Å². The molecule has 0 radical (unpaired) electrons. The quantitative estimate of drug-likeness (QED) is 0.794. The molecule has 4 atom stereocenters. The zero-order valence-electron chi connectivity index (χ0n) is 10.7. The highest BCUT2D eigenvalue weighted by molar-refractivity contribution is 4.83. The van der Waals surface area contributed by atoms with Crippen molar-refractivity contribution >= 4 is 0 Å². The molecular formula is C13H26N2O. The molecule has 2 fully saturated rings. The monoisotopic (exact) mass is 226 g/mol. The van der Waals surface area contributed by atoms with E-state index in [0.717, 1.165) is 18.9 Å². The van der Waals surface area contributed by atoms with Crippen molar-refractivity contribution in [3.63, 3.8) is 0 Å². The molecule has 0 aliphatic carbocycles. The minimum atomic E-state index is 0.322. The molecule has 0 spiro atoms. The number of rotatable bonds is 3. The molecule has 0 aromatic heterocycles. The van der Waals surface area contributed by atoms with Crippen LogP contribution >= 0.6 is 0 Å². The molecule has 2 aliphatic heterocycles. The van der Waals surface area contributed by atoms with Crippen LogP contribution in [0.5, 0.6) is 0 Å². The van der Waals surface area contributed by atoms with Crippen LogP contribution in [0.25, 0.3) is 0 Å². The summed E-state index contributed by atoms with van der Waals surface area (Å²) in [6.45, 7) is 7.78. The van der Waals surface area contributed by atoms with E-state index < -0.39 is 0 Å². The van der Waals surface area contributed by atoms with Gasteiger partial charge in [-0.3, -0.25) is 4.90 Å². The normalized spacial score (nSPS) is 41.4. The Balaban J connectivity index is 1.80. The van der Waals surface area contributed by atoms with Crippen LogP contribution in [0.3, 0.4) is 0 Å². The molecular weight excluding hydrogens is 200 g/mol. The summed E-state index contributed by atoms with van der Waals surface area (Å²) in [5.41, 5.74) is 5.64. The molecule has 3 heteroatoms. The SMILES string of the molecule is CC1CCCN(C[C@@H]2CC[C@H](CN)O2)C1C. The van der Waals surface area contributed by atoms with E-state index in [-0.39, 0.29) is 0 Å². The Morgan fingerprint density at radius 3 is 2.62 bits per heavy atom. The van der Waals surface area contributed by atoms with Crippen LogP contribution in [0.4, 0.5) is 0 Å². The number of likely N-dealkylation sites (tertiary alicyclic amines) is 1. The fraction of sp³-hybridized carbons (Fsp3) is 1.00. The number of hydrogen-bond donors (Lipinski definition) is 1. The van der Waals surface area contributed by atoms with Crippen molar-refractivity contribution in [1.82, 2.24) is 4.90 Å². The van der Waals surface area contributed by atoms with E-state index in [2.05, 4.69) is 18.7 Å². The highest BCUT2D eigenvalue weighted by Gasteiger charge is 2.30. The first-order chi connectivity index (χ1) is 7.70. The van der Waals surface area contributed by atoms with Gasteiger partial charge in [-0.25, -0.2) is 0 Å². The minimum absolute atomic E-state index is 0.322. The van der Waals surface area contributed by atoms with Crippen LogP contribution in [0.15, 0.2) is 0 Å². The van der Waals surface area contributed by atoms with Crippen molar-refractivity contribution in [3.05, 3.63) is 0 Å². The van der Waals surface area contributed by atoms with Crippen molar-refractivity contribution in [2.45, 2.75) is 57.8 Å². The van der Waals surface area contributed by atoms with Crippen LogP contribution in [-0.4, -0.2) is 42.8 Å². The van der Waals surface area contributed by atoms with Crippen molar-refractivity contribution in [1.29, 1.82) is 0 Å². The summed E-state index contributed by atoms with van der Waals surface area (Å²) in [4.78, 5) is 2.61. The van der Waals surface area contributed by atoms with Gasteiger partial charge in [0.25, 0.3) is 0 Å². The lowest BCUT2D eigenvalue weighted by Gasteiger charge is -2.39. The van der Waals surface area contributed by atoms with Crippen LogP contribution in [0, 0.1) is 5.92 Å². The molecule has 2 saturated heterocycles. The van der Waals surface area contributed by atoms with E-state index in [1.54, 1.807) is 0 Å². The number of ether oxygens (including phenoxy) is 1. The Hall–Kier alpha value is -0.120. The second-order valence-electron chi connectivity index (χ2n) is 5.55. The largest absolute Gasteiger partial charge is 0.372 e. The molecule has 2 N–H and O–H groups in total. The van der Waals surface area contributed by atoms with E-state index in [1.807, 2.05) is 0 Å². The summed E-state index contributed by atoms with van der Waals surface area (Å²) in [6.07, 6.45) is 5.83. The second kappa shape index (κ2) is 5.48. The minimum Gasteiger partial charge on any atom is -0.372 e. The lowest BCUT2D eigenvalue weighted by atomic mass is 9.92. The summed E-state index contributed by atoms with van der Waals surface area (Å²) >= 11 is 0. The number of nitrogens with two attached hydrogens (primary N) is 1. The maximum Gasteiger partial charge on any atom is 0.0707 e. The molecule has 0 aromatic carbocycles. The van der Waals surface area contributed by atoms with Crippen molar-refractivity contribution in [3.8, 4) is 0 Å². The first-order valence-corrected chi connectivity index (χ1v) is 6.80. The van der Waals surface area contributed by atoms with Gasteiger partial charge in [0.15, 0.2) is 0 Å². The predicted molar refractivity (Wildman–Crippen MR) is 66.4 cm³/mol. The lowest BCUT2D eigenvalue weighted by molar-refractivity contribution is 0.00405. The van der Waals surface area contributed by atoms with E-state index >= 15 is 0 Å². The molecule has 94 valence electrons. The topological polar surface area (TPSA) is 38.5 Å². The maximum absolute atomic E-state index is 5.93. The van der Waals surface area contributed by atoms with Crippen molar-refractivity contribution in [2.24, 2.45) is 11.7 Å². The standard InChI is InChI=1S/C13H26N2O/c1-10-4-3-7-15(11(10)2)9-13-6-5-12(8-14)16-13/h10-13H,3-9,14H2,1-2H3/t10?,11?,12-,13+/m1/s1. The third-order valence-corrected chi connectivity index (χ3v) is 4.40. The number of nitrogens with zero attached hydrogens (tertiary/aromatic N) is 1. The molecule has 0 saturated carbocycles. The van der Waals surface area contributed by atoms with Gasteiger partial charge in [-0.15, -0.1) is 0 Å². The average molecular weight is 226 g/mol. The Labute approximate surface area is 99.3 Å². The van der Waals surface area contributed by atoms with Gasteiger partial charge in [0.1, 0.15) is 0 Å². The Bertz CT molecular complexity index is 222. The first-order valence-electron chi connectivity index (χ1n) is 6.80. The summed E-state index contributed by atoms with van der Waals surface area (Å²) < 4.78 is 5.93. The van der Waals surface area contributed by atoms with Crippen molar-refractivity contribution in [2.75, 3.05) is 19.6 Å². The summed E-state index contributed by atoms with van der Waals surface area (Å²) in [5, 5.41) is 0. The molecule has 2 unspecified atom stereocenters. The Morgan fingerprint density at radius 2 is 1.94 bits per heavy atom. The van der Waals surface area contributed by atoms with E-state index in [0.29, 0.717) is 24.8 Å². The summed E-state index contributed by atoms with van der Waals surface area (Å²) in [6, 6.07) is 0.717. The molecule has 0 aromatic rings. The lowest BCUT2D eigenvalue weighted by Crippen LogP contribution is -2.46. The third kappa shape index (κ3) is 2.76. The Kier molecular flexibility index (Phi) is 4.22. The molecule has 2 rings (SSSR count). The van der Waals surface area contributed by atoms with Gasteiger partial charge in [0, 0.05) is 19.1 Å². The zero-order valence-corrected chi connectivity index (χ0v) is 10.7. The van der Waals surface area contributed by atoms with Gasteiger partial charge in [0.05, 0.1) is 12.2 Å². The molecule has 0 amide bonds. The van der Waals surface area contributed by atoms with E-state index in [4.69, 9.17) is 10.5 Å². The fourth-order valence-corrected chi connectivity index (χ4v) is 3.03. The second-order valence-corrected chi connectivity index (χ2v) is 5.55. The van der Waals surface area contributed by atoms with E-state index in [1.165, 1.54) is 25.8 Å². The average Bonchev–Trinajstić information content (AvgIpc) is 2.73. The summed E-state index contributed by atoms with van der Waals surface area (Å²) in [5.74, 6) is 0.834. The zero-order chi connectivity index (χ0) is 11.5. The maximum atomic E-state index is 5.93. The van der Waals surface area contributed by atoms with Gasteiger partial charge < -0.3 is 10.5 Å². The smallest absolute Gasteiger partial charge is 0.0707 e. The van der Waals surface area contributed by atoms with Crippen LogP contribution < -0.4 is 5.73 Å². The fourth-order valence-electron chi connectivity index (χ4n) is 3.03. The van der Waals surface area contributed by atoms with Gasteiger partial charge in [-0.2, -0.15) is 0 Å². The van der Waals surface area contributed by atoms with Crippen molar-refractivity contribution < 1.29 is 4.74 Å². The highest BCUT2D eigenvalue weighted by Crippen LogP contribution is 2.26. The highest BCUT2D eigenvalue weighted by atomic mass is 16.5. The molecule has 2 aliphatic rings. The molecule has 2 heterocycles. The Morgan fingerprint density at radius 1 is 1.19 bits per heavy atom. The number of hydrogen-bond acceptors (Lipinski definition) is 3. The first kappa shape index (κ1) is 12.3.